The van der Waals surface area contributed by atoms with Gasteiger partial charge in [0.05, 0.1) is 5.69 Å². The molecular weight excluding hydrogens is 470 g/mol. The van der Waals surface area contributed by atoms with Crippen LogP contribution in [0.15, 0.2) is 47.5 Å². The van der Waals surface area contributed by atoms with Crippen molar-refractivity contribution >= 4 is 41.2 Å². The van der Waals surface area contributed by atoms with Gasteiger partial charge in [0, 0.05) is 24.3 Å². The van der Waals surface area contributed by atoms with E-state index in [1.54, 1.807) is 24.3 Å². The van der Waals surface area contributed by atoms with Gasteiger partial charge in [0.25, 0.3) is 5.91 Å². The van der Waals surface area contributed by atoms with Gasteiger partial charge in [-0.15, -0.1) is 0 Å². The molecule has 0 radical (unpaired) electrons. The molecule has 9 nitrogen and oxygen atoms in total. The molecule has 1 unspecified atom stereocenters. The lowest BCUT2D eigenvalue weighted by atomic mass is 10.0. The first kappa shape index (κ1) is 26.1. The van der Waals surface area contributed by atoms with Crippen molar-refractivity contribution in [3.05, 3.63) is 59.2 Å². The van der Waals surface area contributed by atoms with E-state index >= 15 is 0 Å². The molecule has 1 fully saturated rings. The number of benzodiazepines with no additional fused rings is 1. The Morgan fingerprint density at radius 2 is 1.73 bits per heavy atom. The van der Waals surface area contributed by atoms with Crippen LogP contribution in [0.1, 0.15) is 48.8 Å². The number of nitrogens with one attached hydrogen (secondary N) is 2. The Morgan fingerprint density at radius 1 is 1.03 bits per heavy atom. The van der Waals surface area contributed by atoms with Gasteiger partial charge >= 0.3 is 6.03 Å². The van der Waals surface area contributed by atoms with Gasteiger partial charge in [0.2, 0.25) is 12.1 Å². The molecule has 9 heteroatoms. The van der Waals surface area contributed by atoms with E-state index in [9.17, 15) is 19.2 Å². The number of carbonyl (C=O) groups excluding carboxylic acids is 4. The summed E-state index contributed by atoms with van der Waals surface area (Å²) in [6.45, 7) is 4.83. The number of rotatable bonds is 5. The minimum Gasteiger partial charge on any atom is -0.341 e. The summed E-state index contributed by atoms with van der Waals surface area (Å²) < 4.78 is 0. The lowest BCUT2D eigenvalue weighted by Gasteiger charge is -2.30. The predicted molar refractivity (Wildman–Crippen MR) is 143 cm³/mol. The predicted octanol–water partition coefficient (Wildman–Crippen LogP) is 3.58. The summed E-state index contributed by atoms with van der Waals surface area (Å²) in [5.74, 6) is -0.742. The number of para-hydroxylation sites is 1. The summed E-state index contributed by atoms with van der Waals surface area (Å²) >= 11 is 0. The van der Waals surface area contributed by atoms with Crippen molar-refractivity contribution in [2.45, 2.75) is 52.1 Å². The molecule has 194 valence electrons. The van der Waals surface area contributed by atoms with E-state index in [0.29, 0.717) is 36.3 Å². The van der Waals surface area contributed by atoms with Gasteiger partial charge in [-0.1, -0.05) is 49.6 Å². The zero-order valence-electron chi connectivity index (χ0n) is 21.3. The normalized spacial score (nSPS) is 18.1. The summed E-state index contributed by atoms with van der Waals surface area (Å²) in [5, 5.41) is 5.29. The number of benzene rings is 2. The summed E-state index contributed by atoms with van der Waals surface area (Å²) in [4.78, 5) is 59.5. The molecule has 4 rings (SSSR count). The van der Waals surface area contributed by atoms with Crippen LogP contribution in [0.25, 0.3) is 0 Å². The number of hydrogen-bond donors (Lipinski definition) is 2. The molecule has 37 heavy (non-hydrogen) atoms. The van der Waals surface area contributed by atoms with Crippen LogP contribution in [0.5, 0.6) is 0 Å². The van der Waals surface area contributed by atoms with E-state index in [1.165, 1.54) is 11.3 Å². The highest BCUT2D eigenvalue weighted by atomic mass is 16.2. The smallest absolute Gasteiger partial charge is 0.321 e. The maximum Gasteiger partial charge on any atom is 0.321 e. The van der Waals surface area contributed by atoms with Gasteiger partial charge < -0.3 is 15.5 Å². The van der Waals surface area contributed by atoms with Gasteiger partial charge in [0.15, 0.2) is 6.29 Å². The average molecular weight is 504 g/mol. The van der Waals surface area contributed by atoms with Crippen molar-refractivity contribution in [2.24, 2.45) is 4.99 Å². The largest absolute Gasteiger partial charge is 0.341 e. The first-order valence-electron chi connectivity index (χ1n) is 12.7. The van der Waals surface area contributed by atoms with Crippen LogP contribution >= 0.6 is 0 Å². The minimum atomic E-state index is -1.38. The maximum atomic E-state index is 13.8. The van der Waals surface area contributed by atoms with Crippen LogP contribution in [-0.4, -0.2) is 60.5 Å². The zero-order chi connectivity index (χ0) is 26.4. The number of nitrogens with zero attached hydrogens (tertiary/aromatic N) is 3. The summed E-state index contributed by atoms with van der Waals surface area (Å²) in [5.41, 5.74) is 3.19. The minimum absolute atomic E-state index is 0.0362. The molecular formula is C28H33N5O4. The van der Waals surface area contributed by atoms with E-state index in [1.807, 2.05) is 36.9 Å². The highest BCUT2D eigenvalue weighted by molar-refractivity contribution is 6.39. The van der Waals surface area contributed by atoms with Crippen molar-refractivity contribution in [1.82, 2.24) is 10.2 Å². The van der Waals surface area contributed by atoms with Gasteiger partial charge in [-0.25, -0.2) is 9.79 Å². The lowest BCUT2D eigenvalue weighted by Crippen LogP contribution is -2.52. The van der Waals surface area contributed by atoms with Crippen LogP contribution < -0.4 is 15.5 Å². The molecule has 0 aliphatic carbocycles. The Labute approximate surface area is 216 Å². The number of urea groups is 1. The SMILES string of the molecule is Cc1cccc(NC(=O)NC2N=C(C=O)c3cccc(C)c3N(CC(=O)N3CCCCCCC3)C2=O)c1. The van der Waals surface area contributed by atoms with E-state index < -0.39 is 18.1 Å². The average Bonchev–Trinajstić information content (AvgIpc) is 2.94. The molecule has 4 amide bonds. The topological polar surface area (TPSA) is 111 Å². The second-order valence-corrected chi connectivity index (χ2v) is 9.55. The third-order valence-electron chi connectivity index (χ3n) is 6.71. The second kappa shape index (κ2) is 11.8. The van der Waals surface area contributed by atoms with E-state index in [2.05, 4.69) is 15.6 Å². The van der Waals surface area contributed by atoms with E-state index in [0.717, 1.165) is 36.8 Å². The van der Waals surface area contributed by atoms with Crippen molar-refractivity contribution in [1.29, 1.82) is 0 Å². The number of anilines is 2. The Hall–Kier alpha value is -4.01. The molecule has 0 aromatic heterocycles. The summed E-state index contributed by atoms with van der Waals surface area (Å²) in [7, 11) is 0. The fourth-order valence-corrected chi connectivity index (χ4v) is 4.84. The number of carbonyl (C=O) groups is 4. The van der Waals surface area contributed by atoms with Crippen LogP contribution in [0.2, 0.25) is 0 Å². The quantitative estimate of drug-likeness (QED) is 0.608. The Balaban J connectivity index is 1.63. The molecule has 1 saturated heterocycles. The molecule has 2 N–H and O–H groups in total. The lowest BCUT2D eigenvalue weighted by molar-refractivity contribution is -0.132. The van der Waals surface area contributed by atoms with Crippen LogP contribution in [0.3, 0.4) is 0 Å². The molecule has 2 heterocycles. The molecule has 0 bridgehead atoms. The first-order valence-corrected chi connectivity index (χ1v) is 12.7. The Kier molecular flexibility index (Phi) is 8.32. The number of likely N-dealkylation sites (tertiary alicyclic amines) is 1. The molecule has 2 aliphatic rings. The molecule has 2 aromatic carbocycles. The van der Waals surface area contributed by atoms with Crippen LogP contribution in [0.4, 0.5) is 16.2 Å². The highest BCUT2D eigenvalue weighted by Crippen LogP contribution is 2.29. The van der Waals surface area contributed by atoms with Crippen LogP contribution in [-0.2, 0) is 14.4 Å². The van der Waals surface area contributed by atoms with E-state index in [4.69, 9.17) is 0 Å². The highest BCUT2D eigenvalue weighted by Gasteiger charge is 2.35. The van der Waals surface area contributed by atoms with E-state index in [-0.39, 0.29) is 18.2 Å². The number of fused-ring (bicyclic) bond motifs is 1. The molecule has 1 atom stereocenters. The molecule has 2 aliphatic heterocycles. The number of aliphatic imine (C=N–C) groups is 1. The Bertz CT molecular complexity index is 1220. The summed E-state index contributed by atoms with van der Waals surface area (Å²) in [6.07, 6.45) is 4.37. The number of hydrogen-bond acceptors (Lipinski definition) is 5. The fraction of sp³-hybridized carbons (Fsp3) is 0.393. The van der Waals surface area contributed by atoms with Crippen molar-refractivity contribution < 1.29 is 19.2 Å². The third kappa shape index (κ3) is 6.22. The zero-order valence-corrected chi connectivity index (χ0v) is 21.3. The molecule has 2 aromatic rings. The van der Waals surface area contributed by atoms with Crippen molar-refractivity contribution in [3.8, 4) is 0 Å². The first-order chi connectivity index (χ1) is 17.9. The maximum absolute atomic E-state index is 13.8. The standard InChI is InChI=1S/C28H33N5O4/c1-19-10-8-12-21(16-19)29-28(37)31-26-27(36)33(17-24(35)32-14-6-4-3-5-7-15-32)25-20(2)11-9-13-22(25)23(18-34)30-26/h8-13,16,18,26H,3-7,14-15,17H2,1-2H3,(H2,29,31,37). The van der Waals surface area contributed by atoms with Gasteiger partial charge in [-0.3, -0.25) is 19.3 Å². The van der Waals surface area contributed by atoms with Gasteiger partial charge in [0.1, 0.15) is 12.3 Å². The number of amides is 4. The molecule has 0 spiro atoms. The molecule has 0 saturated carbocycles. The number of aldehydes is 1. The van der Waals surface area contributed by atoms with Gasteiger partial charge in [-0.2, -0.15) is 0 Å². The van der Waals surface area contributed by atoms with Crippen LogP contribution in [0, 0.1) is 13.8 Å². The second-order valence-electron chi connectivity index (χ2n) is 9.55. The monoisotopic (exact) mass is 503 g/mol. The fourth-order valence-electron chi connectivity index (χ4n) is 4.84. The third-order valence-corrected chi connectivity index (χ3v) is 6.71. The summed E-state index contributed by atoms with van der Waals surface area (Å²) in [6, 6.07) is 11.9. The Morgan fingerprint density at radius 3 is 2.43 bits per heavy atom. The van der Waals surface area contributed by atoms with Crippen molar-refractivity contribution in [2.75, 3.05) is 29.9 Å². The van der Waals surface area contributed by atoms with Crippen molar-refractivity contribution in [3.63, 3.8) is 0 Å². The van der Waals surface area contributed by atoms with Gasteiger partial charge in [-0.05, 0) is 49.9 Å². The number of aryl methyl sites for hydroxylation is 2.